The minimum atomic E-state index is -0.988. The number of Topliss-reactive ketones (excluding diaryl/α,β-unsaturated/α-hetero) is 1. The Morgan fingerprint density at radius 3 is 2.67 bits per heavy atom. The molecular formula is C21H20F2N4O3. The first-order valence-corrected chi connectivity index (χ1v) is 9.66. The van der Waals surface area contributed by atoms with E-state index in [1.165, 1.54) is 17.2 Å². The molecule has 1 N–H and O–H groups in total. The van der Waals surface area contributed by atoms with Gasteiger partial charge >= 0.3 is 0 Å². The predicted molar refractivity (Wildman–Crippen MR) is 103 cm³/mol. The predicted octanol–water partition coefficient (Wildman–Crippen LogP) is 2.34. The van der Waals surface area contributed by atoms with Crippen molar-refractivity contribution in [2.75, 3.05) is 11.4 Å². The molecule has 1 aliphatic carbocycles. The number of benzene rings is 1. The van der Waals surface area contributed by atoms with Gasteiger partial charge in [0.05, 0.1) is 5.41 Å². The molecule has 0 radical (unpaired) electrons. The number of nitrogens with zero attached hydrogens (tertiary/aromatic N) is 3. The van der Waals surface area contributed by atoms with E-state index < -0.39 is 29.0 Å². The van der Waals surface area contributed by atoms with Crippen molar-refractivity contribution >= 4 is 23.3 Å². The zero-order chi connectivity index (χ0) is 21.5. The van der Waals surface area contributed by atoms with Crippen molar-refractivity contribution in [3.05, 3.63) is 53.6 Å². The van der Waals surface area contributed by atoms with E-state index in [1.54, 1.807) is 6.92 Å². The van der Waals surface area contributed by atoms with Gasteiger partial charge < -0.3 is 10.2 Å². The molecule has 2 amide bonds. The minimum Gasteiger partial charge on any atom is -0.347 e. The molecule has 9 heteroatoms. The van der Waals surface area contributed by atoms with Crippen molar-refractivity contribution in [3.63, 3.8) is 0 Å². The van der Waals surface area contributed by atoms with Gasteiger partial charge in [0.25, 0.3) is 5.91 Å². The van der Waals surface area contributed by atoms with Crippen LogP contribution in [0.3, 0.4) is 0 Å². The van der Waals surface area contributed by atoms with E-state index in [0.717, 1.165) is 18.2 Å². The molecule has 2 atom stereocenters. The van der Waals surface area contributed by atoms with E-state index in [2.05, 4.69) is 15.3 Å². The Kier molecular flexibility index (Phi) is 5.05. The average molecular weight is 414 g/mol. The molecule has 2 aliphatic rings. The van der Waals surface area contributed by atoms with Crippen molar-refractivity contribution in [2.45, 2.75) is 38.6 Å². The molecule has 1 saturated carbocycles. The second-order valence-corrected chi connectivity index (χ2v) is 7.90. The number of aromatic nitrogens is 2. The number of anilines is 1. The molecule has 1 aromatic heterocycles. The van der Waals surface area contributed by atoms with Crippen LogP contribution in [0.25, 0.3) is 0 Å². The zero-order valence-electron chi connectivity index (χ0n) is 16.3. The number of hydrogen-bond donors (Lipinski definition) is 1. The highest BCUT2D eigenvalue weighted by Crippen LogP contribution is 2.45. The summed E-state index contributed by atoms with van der Waals surface area (Å²) in [7, 11) is 0. The lowest BCUT2D eigenvalue weighted by atomic mass is 9.70. The number of carbonyl (C=O) groups excluding carboxylic acids is 3. The summed E-state index contributed by atoms with van der Waals surface area (Å²) < 4.78 is 27.2. The summed E-state index contributed by atoms with van der Waals surface area (Å²) in [5.41, 5.74) is -0.675. The number of rotatable bonds is 3. The van der Waals surface area contributed by atoms with Crippen LogP contribution in [0.1, 0.15) is 42.0 Å². The monoisotopic (exact) mass is 414 g/mol. The third kappa shape index (κ3) is 3.79. The van der Waals surface area contributed by atoms with Crippen LogP contribution in [0.4, 0.5) is 14.5 Å². The van der Waals surface area contributed by atoms with Crippen LogP contribution in [0.5, 0.6) is 0 Å². The molecule has 1 saturated heterocycles. The van der Waals surface area contributed by atoms with E-state index in [-0.39, 0.29) is 48.9 Å². The number of halogens is 2. The van der Waals surface area contributed by atoms with E-state index in [9.17, 15) is 23.2 Å². The lowest BCUT2D eigenvalue weighted by Crippen LogP contribution is -2.48. The smallest absolute Gasteiger partial charge is 0.270 e. The van der Waals surface area contributed by atoms with Crippen LogP contribution in [0, 0.1) is 24.0 Å². The Bertz CT molecular complexity index is 1020. The maximum Gasteiger partial charge on any atom is 0.270 e. The van der Waals surface area contributed by atoms with Crippen LogP contribution in [-0.4, -0.2) is 40.2 Å². The van der Waals surface area contributed by atoms with Crippen LogP contribution >= 0.6 is 0 Å². The van der Waals surface area contributed by atoms with Crippen molar-refractivity contribution < 1.29 is 23.2 Å². The normalized spacial score (nSPS) is 23.8. The van der Waals surface area contributed by atoms with Crippen molar-refractivity contribution in [3.8, 4) is 0 Å². The third-order valence-corrected chi connectivity index (χ3v) is 5.66. The number of nitrogens with one attached hydrogen (secondary N) is 1. The minimum absolute atomic E-state index is 0.0547. The molecule has 1 spiro atoms. The first-order chi connectivity index (χ1) is 14.3. The molecular weight excluding hydrogens is 394 g/mol. The summed E-state index contributed by atoms with van der Waals surface area (Å²) >= 11 is 0. The third-order valence-electron chi connectivity index (χ3n) is 5.66. The number of aryl methyl sites for hydroxylation is 1. The Hall–Kier alpha value is -3.23. The standard InChI is InChI=1S/C21H20F2N4O3/c1-12-24-4-2-18(25-12)19(29)26-15-9-17(28)11-21(10-15)3-5-27(20(21)30)16-7-13(22)6-14(23)8-16/h2,4,6-8,15H,3,5,9-11H2,1H3,(H,26,29)/t15-,21-/m0/s1. The molecule has 1 aliphatic heterocycles. The van der Waals surface area contributed by atoms with Gasteiger partial charge in [0.15, 0.2) is 0 Å². The van der Waals surface area contributed by atoms with Crippen LogP contribution in [0.2, 0.25) is 0 Å². The fourth-order valence-corrected chi connectivity index (χ4v) is 4.40. The second-order valence-electron chi connectivity index (χ2n) is 7.90. The lowest BCUT2D eigenvalue weighted by Gasteiger charge is -2.36. The highest BCUT2D eigenvalue weighted by atomic mass is 19.1. The quantitative estimate of drug-likeness (QED) is 0.832. The summed E-state index contributed by atoms with van der Waals surface area (Å²) in [6.07, 6.45) is 2.30. The highest BCUT2D eigenvalue weighted by Gasteiger charge is 2.52. The summed E-state index contributed by atoms with van der Waals surface area (Å²) in [5, 5.41) is 2.80. The van der Waals surface area contributed by atoms with Gasteiger partial charge in [-0.3, -0.25) is 14.4 Å². The fourth-order valence-electron chi connectivity index (χ4n) is 4.40. The van der Waals surface area contributed by atoms with Crippen LogP contribution in [0.15, 0.2) is 30.5 Å². The Morgan fingerprint density at radius 1 is 1.23 bits per heavy atom. The zero-order valence-corrected chi connectivity index (χ0v) is 16.3. The number of hydrogen-bond acceptors (Lipinski definition) is 5. The summed E-state index contributed by atoms with van der Waals surface area (Å²) in [5.74, 6) is -2.02. The van der Waals surface area contributed by atoms with Crippen molar-refractivity contribution in [1.29, 1.82) is 0 Å². The fraction of sp³-hybridized carbons (Fsp3) is 0.381. The summed E-state index contributed by atoms with van der Waals surface area (Å²) in [4.78, 5) is 47.5. The maximum atomic E-state index is 13.6. The van der Waals surface area contributed by atoms with Crippen molar-refractivity contribution in [1.82, 2.24) is 15.3 Å². The van der Waals surface area contributed by atoms with Gasteiger partial charge in [-0.1, -0.05) is 0 Å². The summed E-state index contributed by atoms with van der Waals surface area (Å²) in [6.45, 7) is 1.91. The molecule has 7 nitrogen and oxygen atoms in total. The molecule has 4 rings (SSSR count). The molecule has 2 aromatic rings. The molecule has 2 fully saturated rings. The van der Waals surface area contributed by atoms with Crippen LogP contribution < -0.4 is 10.2 Å². The molecule has 0 unspecified atom stereocenters. The van der Waals surface area contributed by atoms with E-state index >= 15 is 0 Å². The average Bonchev–Trinajstić information content (AvgIpc) is 2.96. The summed E-state index contributed by atoms with van der Waals surface area (Å²) in [6, 6.07) is 3.89. The lowest BCUT2D eigenvalue weighted by molar-refractivity contribution is -0.135. The van der Waals surface area contributed by atoms with E-state index in [0.29, 0.717) is 12.2 Å². The molecule has 1 aromatic carbocycles. The highest BCUT2D eigenvalue weighted by molar-refractivity contribution is 6.03. The first-order valence-electron chi connectivity index (χ1n) is 9.66. The molecule has 30 heavy (non-hydrogen) atoms. The van der Waals surface area contributed by atoms with E-state index in [1.807, 2.05) is 0 Å². The van der Waals surface area contributed by atoms with Gasteiger partial charge in [0.1, 0.15) is 28.9 Å². The largest absolute Gasteiger partial charge is 0.347 e. The second kappa shape index (κ2) is 7.55. The van der Waals surface area contributed by atoms with Crippen LogP contribution in [-0.2, 0) is 9.59 Å². The molecule has 156 valence electrons. The maximum absolute atomic E-state index is 13.6. The van der Waals surface area contributed by atoms with E-state index in [4.69, 9.17) is 0 Å². The van der Waals surface area contributed by atoms with Gasteiger partial charge in [-0.05, 0) is 38.0 Å². The Balaban J connectivity index is 1.53. The number of carbonyl (C=O) groups is 3. The Morgan fingerprint density at radius 2 is 1.97 bits per heavy atom. The van der Waals surface area contributed by atoms with Gasteiger partial charge in [-0.2, -0.15) is 0 Å². The number of ketones is 1. The van der Waals surface area contributed by atoms with Gasteiger partial charge in [0.2, 0.25) is 5.91 Å². The molecule has 2 heterocycles. The molecule has 0 bridgehead atoms. The van der Waals surface area contributed by atoms with Gasteiger partial charge in [-0.15, -0.1) is 0 Å². The Labute approximate surface area is 171 Å². The topological polar surface area (TPSA) is 92.3 Å². The van der Waals surface area contributed by atoms with Gasteiger partial charge in [-0.25, -0.2) is 18.7 Å². The number of amides is 2. The van der Waals surface area contributed by atoms with Crippen molar-refractivity contribution in [2.24, 2.45) is 5.41 Å². The first kappa shape index (κ1) is 20.1. The van der Waals surface area contributed by atoms with Gasteiger partial charge in [0, 0.05) is 43.4 Å². The SMILES string of the molecule is Cc1nccc(C(=O)N[C@H]2CC(=O)C[C@]3(CCN(c4cc(F)cc(F)c4)C3=O)C2)n1.